The van der Waals surface area contributed by atoms with Crippen LogP contribution in [-0.4, -0.2) is 15.1 Å². The second kappa shape index (κ2) is 5.77. The fourth-order valence-electron chi connectivity index (χ4n) is 2.75. The number of benzene rings is 1. The fraction of sp³-hybridized carbons (Fsp3) is 0.429. The molecule has 1 saturated carbocycles. The molecule has 0 amide bonds. The molecule has 1 fully saturated rings. The van der Waals surface area contributed by atoms with Gasteiger partial charge in [0.25, 0.3) is 11.6 Å². The first-order chi connectivity index (χ1) is 10.5. The first-order valence-electron chi connectivity index (χ1n) is 7.06. The summed E-state index contributed by atoms with van der Waals surface area (Å²) in [5.74, 6) is 0.722. The van der Waals surface area contributed by atoms with Gasteiger partial charge in [-0.15, -0.1) is 0 Å². The number of non-ortho nitro benzene ring substituents is 1. The minimum Gasteiger partial charge on any atom is -0.334 e. The molecule has 0 atom stereocenters. The normalized spacial score (nSPS) is 17.4. The van der Waals surface area contributed by atoms with Crippen LogP contribution in [0.5, 0.6) is 0 Å². The molecule has 1 aromatic heterocycles. The van der Waals surface area contributed by atoms with Crippen molar-refractivity contribution in [1.29, 1.82) is 0 Å². The quantitative estimate of drug-likeness (QED) is 0.657. The minimum absolute atomic E-state index is 0.0377. The van der Waals surface area contributed by atoms with Gasteiger partial charge in [-0.25, -0.2) is 0 Å². The lowest BCUT2D eigenvalue weighted by molar-refractivity contribution is -0.384. The molecule has 0 bridgehead atoms. The zero-order chi connectivity index (χ0) is 15.7. The number of hydrogen-bond donors (Lipinski definition) is 1. The van der Waals surface area contributed by atoms with E-state index in [1.54, 1.807) is 6.07 Å². The van der Waals surface area contributed by atoms with Crippen LogP contribution in [0.2, 0.25) is 0 Å². The van der Waals surface area contributed by atoms with E-state index in [-0.39, 0.29) is 11.6 Å². The molecule has 1 aliphatic carbocycles. The number of aromatic nitrogens is 2. The monoisotopic (exact) mass is 366 g/mol. The maximum atomic E-state index is 10.9. The standard InChI is InChI=1S/C14H15BrN4O3/c15-10-6-9(7-11(8-10)19(20)21)12-17-13(18-22-12)14(16)4-2-1-3-5-14/h6-8H,1-5,16H2. The van der Waals surface area contributed by atoms with Crippen LogP contribution in [0.4, 0.5) is 5.69 Å². The molecule has 2 aromatic rings. The Morgan fingerprint density at radius 1 is 1.27 bits per heavy atom. The average molecular weight is 367 g/mol. The second-order valence-corrected chi connectivity index (χ2v) is 6.51. The van der Waals surface area contributed by atoms with E-state index in [4.69, 9.17) is 10.3 Å². The summed E-state index contributed by atoms with van der Waals surface area (Å²) in [7, 11) is 0. The number of nitrogens with zero attached hydrogens (tertiary/aromatic N) is 3. The van der Waals surface area contributed by atoms with Gasteiger partial charge in [0.15, 0.2) is 5.82 Å². The van der Waals surface area contributed by atoms with Gasteiger partial charge in [-0.2, -0.15) is 4.98 Å². The summed E-state index contributed by atoms with van der Waals surface area (Å²) in [5, 5.41) is 14.9. The largest absolute Gasteiger partial charge is 0.334 e. The summed E-state index contributed by atoms with van der Waals surface area (Å²) in [5.41, 5.74) is 6.28. The van der Waals surface area contributed by atoms with Crippen LogP contribution in [0.1, 0.15) is 37.9 Å². The van der Waals surface area contributed by atoms with Gasteiger partial charge < -0.3 is 10.3 Å². The van der Waals surface area contributed by atoms with Gasteiger partial charge in [-0.05, 0) is 18.9 Å². The SMILES string of the molecule is NC1(c2noc(-c3cc(Br)cc([N+](=O)[O-])c3)n2)CCCCC1. The third-order valence-corrected chi connectivity index (χ3v) is 4.42. The van der Waals surface area contributed by atoms with E-state index in [0.29, 0.717) is 15.9 Å². The molecule has 1 heterocycles. The molecule has 8 heteroatoms. The molecule has 3 rings (SSSR count). The third kappa shape index (κ3) is 2.89. The van der Waals surface area contributed by atoms with Gasteiger partial charge in [0.2, 0.25) is 0 Å². The van der Waals surface area contributed by atoms with Crippen molar-refractivity contribution in [3.8, 4) is 11.5 Å². The molecule has 1 aliphatic rings. The molecule has 22 heavy (non-hydrogen) atoms. The van der Waals surface area contributed by atoms with Crippen molar-refractivity contribution < 1.29 is 9.45 Å². The molecule has 0 aliphatic heterocycles. The molecular formula is C14H15BrN4O3. The zero-order valence-electron chi connectivity index (χ0n) is 11.8. The molecule has 0 spiro atoms. The topological polar surface area (TPSA) is 108 Å². The Hall–Kier alpha value is -1.80. The Bertz CT molecular complexity index is 710. The van der Waals surface area contributed by atoms with Crippen molar-refractivity contribution in [2.75, 3.05) is 0 Å². The first kappa shape index (κ1) is 15.1. The Kier molecular flexibility index (Phi) is 3.96. The van der Waals surface area contributed by atoms with Crippen molar-refractivity contribution in [3.63, 3.8) is 0 Å². The molecule has 0 saturated heterocycles. The van der Waals surface area contributed by atoms with Gasteiger partial charge in [0.05, 0.1) is 10.5 Å². The van der Waals surface area contributed by atoms with E-state index in [2.05, 4.69) is 26.1 Å². The van der Waals surface area contributed by atoms with Gasteiger partial charge >= 0.3 is 0 Å². The molecule has 0 unspecified atom stereocenters. The lowest BCUT2D eigenvalue weighted by atomic mass is 9.82. The van der Waals surface area contributed by atoms with E-state index in [1.807, 2.05) is 0 Å². The van der Waals surface area contributed by atoms with Crippen LogP contribution in [0.15, 0.2) is 27.2 Å². The summed E-state index contributed by atoms with van der Waals surface area (Å²) < 4.78 is 5.85. The van der Waals surface area contributed by atoms with E-state index in [0.717, 1.165) is 25.7 Å². The van der Waals surface area contributed by atoms with Gasteiger partial charge in [0, 0.05) is 22.2 Å². The predicted octanol–water partition coefficient (Wildman–Crippen LogP) is 3.53. The maximum Gasteiger partial charge on any atom is 0.271 e. The second-order valence-electron chi connectivity index (χ2n) is 5.60. The van der Waals surface area contributed by atoms with Crippen LogP contribution in [0.25, 0.3) is 11.5 Å². The number of nitro groups is 1. The summed E-state index contributed by atoms with van der Waals surface area (Å²) in [6.45, 7) is 0. The molecule has 116 valence electrons. The Morgan fingerprint density at radius 2 is 2.00 bits per heavy atom. The minimum atomic E-state index is -0.558. The van der Waals surface area contributed by atoms with Crippen molar-refractivity contribution >= 4 is 21.6 Å². The number of nitrogens with two attached hydrogens (primary N) is 1. The third-order valence-electron chi connectivity index (χ3n) is 3.96. The highest BCUT2D eigenvalue weighted by atomic mass is 79.9. The average Bonchev–Trinajstić information content (AvgIpc) is 2.98. The fourth-order valence-corrected chi connectivity index (χ4v) is 3.23. The van der Waals surface area contributed by atoms with Crippen LogP contribution in [-0.2, 0) is 5.54 Å². The lowest BCUT2D eigenvalue weighted by Crippen LogP contribution is -2.39. The molecular weight excluding hydrogens is 352 g/mol. The molecule has 2 N–H and O–H groups in total. The highest BCUT2D eigenvalue weighted by molar-refractivity contribution is 9.10. The van der Waals surface area contributed by atoms with Crippen LogP contribution < -0.4 is 5.73 Å². The summed E-state index contributed by atoms with van der Waals surface area (Å²) in [4.78, 5) is 14.8. The van der Waals surface area contributed by atoms with Crippen molar-refractivity contribution in [2.45, 2.75) is 37.6 Å². The summed E-state index contributed by atoms with van der Waals surface area (Å²) in [6.07, 6.45) is 4.90. The van der Waals surface area contributed by atoms with Gasteiger partial charge in [0.1, 0.15) is 0 Å². The van der Waals surface area contributed by atoms with E-state index in [9.17, 15) is 10.1 Å². The lowest BCUT2D eigenvalue weighted by Gasteiger charge is -2.29. The number of nitro benzene ring substituents is 1. The van der Waals surface area contributed by atoms with Crippen LogP contribution in [0.3, 0.4) is 0 Å². The summed E-state index contributed by atoms with van der Waals surface area (Å²) in [6, 6.07) is 4.53. The Labute approximate surface area is 135 Å². The van der Waals surface area contributed by atoms with Gasteiger partial charge in [-0.1, -0.05) is 40.3 Å². The highest BCUT2D eigenvalue weighted by Gasteiger charge is 2.34. The van der Waals surface area contributed by atoms with E-state index in [1.165, 1.54) is 18.6 Å². The smallest absolute Gasteiger partial charge is 0.271 e. The zero-order valence-corrected chi connectivity index (χ0v) is 13.4. The number of halogens is 1. The van der Waals surface area contributed by atoms with Crippen molar-refractivity contribution in [2.24, 2.45) is 5.73 Å². The molecule has 1 aromatic carbocycles. The maximum absolute atomic E-state index is 10.9. The van der Waals surface area contributed by atoms with E-state index >= 15 is 0 Å². The van der Waals surface area contributed by atoms with Crippen molar-refractivity contribution in [3.05, 3.63) is 38.6 Å². The Morgan fingerprint density at radius 3 is 2.68 bits per heavy atom. The molecule has 0 radical (unpaired) electrons. The van der Waals surface area contributed by atoms with Crippen LogP contribution >= 0.6 is 15.9 Å². The predicted molar refractivity (Wildman–Crippen MR) is 83.0 cm³/mol. The Balaban J connectivity index is 1.95. The van der Waals surface area contributed by atoms with Gasteiger partial charge in [-0.3, -0.25) is 10.1 Å². The van der Waals surface area contributed by atoms with Crippen LogP contribution in [0, 0.1) is 10.1 Å². The van der Waals surface area contributed by atoms with E-state index < -0.39 is 10.5 Å². The highest BCUT2D eigenvalue weighted by Crippen LogP contribution is 2.35. The molecule has 7 nitrogen and oxygen atoms in total. The number of rotatable bonds is 3. The first-order valence-corrected chi connectivity index (χ1v) is 7.86. The van der Waals surface area contributed by atoms with Crippen molar-refractivity contribution in [1.82, 2.24) is 10.1 Å². The number of hydrogen-bond acceptors (Lipinski definition) is 6. The summed E-state index contributed by atoms with van der Waals surface area (Å²) >= 11 is 3.25.